The highest BCUT2D eigenvalue weighted by molar-refractivity contribution is 6.42. The summed E-state index contributed by atoms with van der Waals surface area (Å²) < 4.78 is 1.79. The van der Waals surface area contributed by atoms with Gasteiger partial charge in [-0.25, -0.2) is 4.68 Å². The van der Waals surface area contributed by atoms with Gasteiger partial charge in [0.25, 0.3) is 5.91 Å². The molecule has 2 N–H and O–H groups in total. The molecule has 1 unspecified atom stereocenters. The van der Waals surface area contributed by atoms with Crippen LogP contribution in [-0.4, -0.2) is 34.0 Å². The molecule has 0 radical (unpaired) electrons. The summed E-state index contributed by atoms with van der Waals surface area (Å²) in [5.41, 5.74) is 1.20. The van der Waals surface area contributed by atoms with E-state index >= 15 is 0 Å². The van der Waals surface area contributed by atoms with E-state index < -0.39 is 0 Å². The molecular weight excluding hydrogens is 385 g/mol. The molecule has 0 bridgehead atoms. The van der Waals surface area contributed by atoms with Crippen molar-refractivity contribution in [1.29, 1.82) is 0 Å². The molecule has 1 atom stereocenters. The zero-order chi connectivity index (χ0) is 17.1. The van der Waals surface area contributed by atoms with Crippen molar-refractivity contribution in [3.05, 3.63) is 45.7 Å². The third-order valence-corrected chi connectivity index (χ3v) is 4.96. The predicted molar refractivity (Wildman–Crippen MR) is 101 cm³/mol. The maximum Gasteiger partial charge on any atom is 0.273 e. The van der Waals surface area contributed by atoms with Gasteiger partial charge in [0, 0.05) is 0 Å². The number of hydrogen-bond acceptors (Lipinski definition) is 4. The number of nitrogens with one attached hydrogen (secondary N) is 2. The summed E-state index contributed by atoms with van der Waals surface area (Å²) in [7, 11) is 0. The average molecular weight is 405 g/mol. The van der Waals surface area contributed by atoms with E-state index in [-0.39, 0.29) is 24.4 Å². The summed E-state index contributed by atoms with van der Waals surface area (Å²) in [5, 5.41) is 15.3. The minimum atomic E-state index is -0.256. The summed E-state index contributed by atoms with van der Waals surface area (Å²) in [6.07, 6.45) is 3.70. The molecule has 136 valence electrons. The Balaban J connectivity index is 0.00000225. The van der Waals surface area contributed by atoms with Gasteiger partial charge in [0.2, 0.25) is 0 Å². The van der Waals surface area contributed by atoms with E-state index in [0.717, 1.165) is 31.5 Å². The van der Waals surface area contributed by atoms with Crippen LogP contribution >= 0.6 is 35.6 Å². The lowest BCUT2D eigenvalue weighted by molar-refractivity contribution is 0.0934. The Morgan fingerprint density at radius 1 is 1.32 bits per heavy atom. The minimum absolute atomic E-state index is 0. The van der Waals surface area contributed by atoms with Crippen molar-refractivity contribution in [1.82, 2.24) is 25.6 Å². The summed E-state index contributed by atoms with van der Waals surface area (Å²) in [6, 6.07) is 5.39. The number of benzene rings is 1. The fourth-order valence-corrected chi connectivity index (χ4v) is 3.07. The Morgan fingerprint density at radius 2 is 2.04 bits per heavy atom. The van der Waals surface area contributed by atoms with Crippen LogP contribution in [0.25, 0.3) is 0 Å². The Kier molecular flexibility index (Phi) is 7.07. The van der Waals surface area contributed by atoms with Gasteiger partial charge in [-0.05, 0) is 50.6 Å². The Hall–Kier alpha value is -1.34. The van der Waals surface area contributed by atoms with Crippen LogP contribution in [0.3, 0.4) is 0 Å². The van der Waals surface area contributed by atoms with Crippen molar-refractivity contribution in [3.8, 4) is 0 Å². The quantitative estimate of drug-likeness (QED) is 0.819. The topological polar surface area (TPSA) is 71.8 Å². The van der Waals surface area contributed by atoms with Crippen molar-refractivity contribution in [2.45, 2.75) is 31.8 Å². The molecule has 1 aliphatic rings. The summed E-state index contributed by atoms with van der Waals surface area (Å²) in [5.74, 6) is -0.256. The summed E-state index contributed by atoms with van der Waals surface area (Å²) in [4.78, 5) is 12.4. The maximum absolute atomic E-state index is 12.4. The third kappa shape index (κ3) is 4.85. The van der Waals surface area contributed by atoms with Gasteiger partial charge in [0.05, 0.1) is 28.3 Å². The normalized spacial score (nSPS) is 16.1. The Labute approximate surface area is 162 Å². The van der Waals surface area contributed by atoms with Crippen molar-refractivity contribution in [3.63, 3.8) is 0 Å². The van der Waals surface area contributed by atoms with Gasteiger partial charge in [0.15, 0.2) is 5.69 Å². The van der Waals surface area contributed by atoms with Crippen LogP contribution in [-0.2, 0) is 0 Å². The first-order valence-electron chi connectivity index (χ1n) is 7.93. The molecule has 2 heterocycles. The first kappa shape index (κ1) is 20.0. The van der Waals surface area contributed by atoms with Crippen LogP contribution in [0.15, 0.2) is 24.4 Å². The lowest BCUT2D eigenvalue weighted by Crippen LogP contribution is -2.29. The van der Waals surface area contributed by atoms with Gasteiger partial charge in [-0.1, -0.05) is 34.5 Å². The molecule has 0 aliphatic carbocycles. The minimum Gasteiger partial charge on any atom is -0.344 e. The molecular formula is C16H20Cl3N5O. The van der Waals surface area contributed by atoms with Gasteiger partial charge < -0.3 is 10.6 Å². The lowest BCUT2D eigenvalue weighted by atomic mass is 10.1. The van der Waals surface area contributed by atoms with Crippen LogP contribution in [0, 0.1) is 0 Å². The number of carbonyl (C=O) groups is 1. The largest absolute Gasteiger partial charge is 0.344 e. The van der Waals surface area contributed by atoms with E-state index in [1.54, 1.807) is 23.0 Å². The molecule has 0 saturated carbocycles. The molecule has 25 heavy (non-hydrogen) atoms. The molecule has 1 saturated heterocycles. The van der Waals surface area contributed by atoms with Crippen molar-refractivity contribution >= 4 is 41.5 Å². The molecule has 6 nitrogen and oxygen atoms in total. The van der Waals surface area contributed by atoms with E-state index in [2.05, 4.69) is 20.9 Å². The van der Waals surface area contributed by atoms with Gasteiger partial charge in [-0.15, -0.1) is 17.5 Å². The van der Waals surface area contributed by atoms with Crippen LogP contribution in [0.2, 0.25) is 10.0 Å². The fourth-order valence-electron chi connectivity index (χ4n) is 2.77. The smallest absolute Gasteiger partial charge is 0.273 e. The SMILES string of the molecule is CC(NC(=O)c1cn(C2CCNCC2)nn1)c1ccc(Cl)c(Cl)c1.Cl. The molecule has 9 heteroatoms. The van der Waals surface area contributed by atoms with E-state index in [9.17, 15) is 4.79 Å². The van der Waals surface area contributed by atoms with Crippen LogP contribution < -0.4 is 10.6 Å². The third-order valence-electron chi connectivity index (χ3n) is 4.22. The number of rotatable bonds is 4. The van der Waals surface area contributed by atoms with Crippen molar-refractivity contribution in [2.24, 2.45) is 0 Å². The number of aromatic nitrogens is 3. The second-order valence-corrected chi connectivity index (χ2v) is 6.75. The number of nitrogens with zero attached hydrogens (tertiary/aromatic N) is 3. The molecule has 1 aromatic carbocycles. The monoisotopic (exact) mass is 403 g/mol. The maximum atomic E-state index is 12.4. The van der Waals surface area contributed by atoms with Gasteiger partial charge in [0.1, 0.15) is 0 Å². The molecule has 1 aromatic heterocycles. The highest BCUT2D eigenvalue weighted by Crippen LogP contribution is 2.25. The Morgan fingerprint density at radius 3 is 2.72 bits per heavy atom. The average Bonchev–Trinajstić information content (AvgIpc) is 3.08. The highest BCUT2D eigenvalue weighted by Gasteiger charge is 2.20. The first-order chi connectivity index (χ1) is 11.5. The van der Waals surface area contributed by atoms with Gasteiger partial charge in [-0.3, -0.25) is 4.79 Å². The van der Waals surface area contributed by atoms with E-state index in [1.165, 1.54) is 0 Å². The van der Waals surface area contributed by atoms with Gasteiger partial charge in [-0.2, -0.15) is 0 Å². The van der Waals surface area contributed by atoms with E-state index in [1.807, 2.05) is 13.0 Å². The van der Waals surface area contributed by atoms with Crippen LogP contribution in [0.1, 0.15) is 47.9 Å². The highest BCUT2D eigenvalue weighted by atomic mass is 35.5. The second kappa shape index (κ2) is 8.85. The van der Waals surface area contributed by atoms with Crippen molar-refractivity contribution < 1.29 is 4.79 Å². The molecule has 1 fully saturated rings. The zero-order valence-electron chi connectivity index (χ0n) is 13.7. The van der Waals surface area contributed by atoms with E-state index in [4.69, 9.17) is 23.2 Å². The number of piperidine rings is 1. The number of carbonyl (C=O) groups excluding carboxylic acids is 1. The molecule has 3 rings (SSSR count). The molecule has 1 aliphatic heterocycles. The predicted octanol–water partition coefficient (Wildman–Crippen LogP) is 3.42. The summed E-state index contributed by atoms with van der Waals surface area (Å²) in [6.45, 7) is 3.80. The lowest BCUT2D eigenvalue weighted by Gasteiger charge is -2.22. The zero-order valence-corrected chi connectivity index (χ0v) is 16.0. The first-order valence-corrected chi connectivity index (χ1v) is 8.68. The standard InChI is InChI=1S/C16H19Cl2N5O.ClH/c1-10(11-2-3-13(17)14(18)8-11)20-16(24)15-9-23(22-21-15)12-4-6-19-7-5-12;/h2-3,8-10,12,19H,4-7H2,1H3,(H,20,24);1H. The number of amides is 1. The van der Waals surface area contributed by atoms with Crippen LogP contribution in [0.4, 0.5) is 0 Å². The molecule has 0 spiro atoms. The van der Waals surface area contributed by atoms with Gasteiger partial charge >= 0.3 is 0 Å². The molecule has 1 amide bonds. The summed E-state index contributed by atoms with van der Waals surface area (Å²) >= 11 is 11.9. The van der Waals surface area contributed by atoms with Crippen LogP contribution in [0.5, 0.6) is 0 Å². The van der Waals surface area contributed by atoms with Crippen molar-refractivity contribution in [2.75, 3.05) is 13.1 Å². The molecule has 2 aromatic rings. The Bertz CT molecular complexity index is 730. The van der Waals surface area contributed by atoms with E-state index in [0.29, 0.717) is 21.8 Å². The number of halogens is 3. The number of hydrogen-bond donors (Lipinski definition) is 2. The second-order valence-electron chi connectivity index (χ2n) is 5.93. The fraction of sp³-hybridized carbons (Fsp3) is 0.438.